The van der Waals surface area contributed by atoms with Gasteiger partial charge in [0.15, 0.2) is 0 Å². The normalized spacial score (nSPS) is 18.4. The van der Waals surface area contributed by atoms with Crippen molar-refractivity contribution in [2.45, 2.75) is 65.1 Å². The molecule has 0 spiro atoms. The van der Waals surface area contributed by atoms with E-state index < -0.39 is 0 Å². The summed E-state index contributed by atoms with van der Waals surface area (Å²) in [5.41, 5.74) is 5.68. The lowest BCUT2D eigenvalue weighted by atomic mass is 9.89. The van der Waals surface area contributed by atoms with Gasteiger partial charge in [-0.25, -0.2) is 4.98 Å². The summed E-state index contributed by atoms with van der Waals surface area (Å²) in [5, 5.41) is 3.71. The molecular formula is C27H36ClN5O. The Labute approximate surface area is 207 Å². The minimum Gasteiger partial charge on any atom is -0.369 e. The Morgan fingerprint density at radius 3 is 2.53 bits per heavy atom. The van der Waals surface area contributed by atoms with Crippen LogP contribution in [0.2, 0.25) is 5.02 Å². The molecule has 0 unspecified atom stereocenters. The van der Waals surface area contributed by atoms with Crippen LogP contribution in [0.1, 0.15) is 59.7 Å². The number of nitrogens with one attached hydrogen (secondary N) is 1. The molecule has 182 valence electrons. The van der Waals surface area contributed by atoms with Crippen LogP contribution in [-0.4, -0.2) is 52.9 Å². The third kappa shape index (κ3) is 4.93. The maximum Gasteiger partial charge on any atom is 0.251 e. The van der Waals surface area contributed by atoms with Crippen molar-refractivity contribution >= 4 is 28.8 Å². The van der Waals surface area contributed by atoms with Gasteiger partial charge in [0.1, 0.15) is 5.65 Å². The number of hydrogen-bond acceptors (Lipinski definition) is 4. The molecule has 1 aromatic carbocycles. The number of fused-ring (bicyclic) bond motifs is 1. The molecule has 1 saturated carbocycles. The molecule has 1 N–H and O–H groups in total. The second-order valence-corrected chi connectivity index (χ2v) is 10.1. The number of carbonyl (C=O) groups is 1. The fraction of sp³-hybridized carbons (Fsp3) is 0.481. The fourth-order valence-electron chi connectivity index (χ4n) is 5.33. The van der Waals surface area contributed by atoms with Crippen LogP contribution in [0.25, 0.3) is 5.65 Å². The number of aryl methyl sites for hydroxylation is 1. The average molecular weight is 482 g/mol. The van der Waals surface area contributed by atoms with Gasteiger partial charge in [-0.1, -0.05) is 11.6 Å². The number of anilines is 1. The second-order valence-electron chi connectivity index (χ2n) is 9.63. The van der Waals surface area contributed by atoms with E-state index in [9.17, 15) is 4.79 Å². The van der Waals surface area contributed by atoms with Crippen LogP contribution in [0, 0.1) is 13.8 Å². The van der Waals surface area contributed by atoms with Crippen molar-refractivity contribution in [3.63, 3.8) is 0 Å². The van der Waals surface area contributed by atoms with Crippen LogP contribution >= 0.6 is 11.6 Å². The highest BCUT2D eigenvalue weighted by molar-refractivity contribution is 6.31. The van der Waals surface area contributed by atoms with Gasteiger partial charge in [0.05, 0.1) is 0 Å². The summed E-state index contributed by atoms with van der Waals surface area (Å²) >= 11 is 6.55. The lowest BCUT2D eigenvalue weighted by Gasteiger charge is -2.40. The number of hydrogen-bond donors (Lipinski definition) is 1. The van der Waals surface area contributed by atoms with Crippen LogP contribution in [0.5, 0.6) is 0 Å². The molecule has 6 nitrogen and oxygen atoms in total. The SMILES string of the molecule is CCN(c1cc(Cl)cc(C(=O)NCc2c(C)ccn3ccnc23)c1C)[C@H]1CC[C@H](N(C)C)CC1. The van der Waals surface area contributed by atoms with Crippen LogP contribution in [0.3, 0.4) is 0 Å². The predicted octanol–water partition coefficient (Wildman–Crippen LogP) is 5.23. The van der Waals surface area contributed by atoms with Crippen LogP contribution in [-0.2, 0) is 6.54 Å². The molecule has 4 rings (SSSR count). The third-order valence-corrected chi connectivity index (χ3v) is 7.62. The van der Waals surface area contributed by atoms with E-state index in [1.165, 1.54) is 12.8 Å². The second kappa shape index (κ2) is 10.4. The van der Waals surface area contributed by atoms with E-state index in [2.05, 4.69) is 41.1 Å². The summed E-state index contributed by atoms with van der Waals surface area (Å²) in [5.74, 6) is -0.110. The number of amides is 1. The molecule has 3 aromatic rings. The van der Waals surface area contributed by atoms with Crippen molar-refractivity contribution in [3.8, 4) is 0 Å². The molecule has 7 heteroatoms. The highest BCUT2D eigenvalue weighted by Crippen LogP contribution is 2.34. The minimum atomic E-state index is -0.110. The van der Waals surface area contributed by atoms with E-state index >= 15 is 0 Å². The molecule has 0 saturated heterocycles. The van der Waals surface area contributed by atoms with Gasteiger partial charge in [-0.2, -0.15) is 0 Å². The molecule has 0 aliphatic heterocycles. The summed E-state index contributed by atoms with van der Waals surface area (Å²) in [6, 6.07) is 6.97. The Morgan fingerprint density at radius 1 is 1.15 bits per heavy atom. The van der Waals surface area contributed by atoms with Gasteiger partial charge in [-0.15, -0.1) is 0 Å². The van der Waals surface area contributed by atoms with E-state index in [4.69, 9.17) is 11.6 Å². The molecule has 2 aromatic heterocycles. The fourth-order valence-corrected chi connectivity index (χ4v) is 5.54. The monoisotopic (exact) mass is 481 g/mol. The van der Waals surface area contributed by atoms with Gasteiger partial charge >= 0.3 is 0 Å². The first-order valence-electron chi connectivity index (χ1n) is 12.2. The first kappa shape index (κ1) is 24.6. The average Bonchev–Trinajstić information content (AvgIpc) is 3.30. The number of imidazole rings is 1. The number of aromatic nitrogens is 2. The van der Waals surface area contributed by atoms with Crippen molar-refractivity contribution in [2.75, 3.05) is 25.5 Å². The predicted molar refractivity (Wildman–Crippen MR) is 140 cm³/mol. The highest BCUT2D eigenvalue weighted by atomic mass is 35.5. The number of benzene rings is 1. The van der Waals surface area contributed by atoms with Crippen molar-refractivity contribution in [2.24, 2.45) is 0 Å². The van der Waals surface area contributed by atoms with Crippen molar-refractivity contribution in [3.05, 3.63) is 64.1 Å². The molecule has 1 amide bonds. The summed E-state index contributed by atoms with van der Waals surface area (Å²) < 4.78 is 1.97. The van der Waals surface area contributed by atoms with Gasteiger partial charge in [0, 0.05) is 65.6 Å². The smallest absolute Gasteiger partial charge is 0.251 e. The van der Waals surface area contributed by atoms with E-state index in [1.807, 2.05) is 42.8 Å². The van der Waals surface area contributed by atoms with Gasteiger partial charge in [0.25, 0.3) is 5.91 Å². The maximum absolute atomic E-state index is 13.3. The number of halogens is 1. The summed E-state index contributed by atoms with van der Waals surface area (Å²) in [4.78, 5) is 22.6. The molecule has 0 atom stereocenters. The van der Waals surface area contributed by atoms with Crippen LogP contribution in [0.15, 0.2) is 36.8 Å². The number of rotatable bonds is 7. The molecule has 0 radical (unpaired) electrons. The van der Waals surface area contributed by atoms with Crippen molar-refractivity contribution in [1.29, 1.82) is 0 Å². The Morgan fingerprint density at radius 2 is 1.85 bits per heavy atom. The molecule has 2 heterocycles. The first-order chi connectivity index (χ1) is 16.3. The van der Waals surface area contributed by atoms with Crippen LogP contribution < -0.4 is 10.2 Å². The minimum absolute atomic E-state index is 0.110. The number of pyridine rings is 1. The Kier molecular flexibility index (Phi) is 7.48. The lowest BCUT2D eigenvalue weighted by Crippen LogP contribution is -2.42. The Bertz CT molecular complexity index is 1160. The van der Waals surface area contributed by atoms with Crippen molar-refractivity contribution in [1.82, 2.24) is 19.6 Å². The maximum atomic E-state index is 13.3. The van der Waals surface area contributed by atoms with Crippen molar-refractivity contribution < 1.29 is 4.79 Å². The van der Waals surface area contributed by atoms with Gasteiger partial charge in [0.2, 0.25) is 0 Å². The number of nitrogens with zero attached hydrogens (tertiary/aromatic N) is 4. The van der Waals surface area contributed by atoms with E-state index in [1.54, 1.807) is 12.3 Å². The zero-order valence-electron chi connectivity index (χ0n) is 20.9. The molecule has 1 aliphatic rings. The molecule has 1 fully saturated rings. The standard InChI is InChI=1S/C27H36ClN5O/c1-6-33(22-9-7-21(8-10-22)31(4)5)25-16-20(28)15-23(19(25)3)27(34)30-17-24-18(2)11-13-32-14-12-29-26(24)32/h11-16,21-22H,6-10,17H2,1-5H3,(H,30,34)/t21-,22-. The van der Waals surface area contributed by atoms with Gasteiger partial charge < -0.3 is 19.5 Å². The molecule has 34 heavy (non-hydrogen) atoms. The van der Waals surface area contributed by atoms with E-state index in [0.717, 1.165) is 47.4 Å². The topological polar surface area (TPSA) is 52.9 Å². The zero-order chi connectivity index (χ0) is 24.4. The van der Waals surface area contributed by atoms with E-state index in [0.29, 0.717) is 29.2 Å². The quantitative estimate of drug-likeness (QED) is 0.501. The first-order valence-corrected chi connectivity index (χ1v) is 12.6. The van der Waals surface area contributed by atoms with E-state index in [-0.39, 0.29) is 5.91 Å². The number of carbonyl (C=O) groups excluding carboxylic acids is 1. The van der Waals surface area contributed by atoms with Crippen LogP contribution in [0.4, 0.5) is 5.69 Å². The third-order valence-electron chi connectivity index (χ3n) is 7.40. The molecule has 1 aliphatic carbocycles. The summed E-state index contributed by atoms with van der Waals surface area (Å²) in [7, 11) is 4.34. The summed E-state index contributed by atoms with van der Waals surface area (Å²) in [6.07, 6.45) is 10.4. The Balaban J connectivity index is 1.55. The Hall–Kier alpha value is -2.57. The summed E-state index contributed by atoms with van der Waals surface area (Å²) in [6.45, 7) is 7.57. The lowest BCUT2D eigenvalue weighted by molar-refractivity contribution is 0.0950. The molecular weight excluding hydrogens is 446 g/mol. The zero-order valence-corrected chi connectivity index (χ0v) is 21.7. The molecule has 0 bridgehead atoms. The largest absolute Gasteiger partial charge is 0.369 e. The van der Waals surface area contributed by atoms with Gasteiger partial charge in [-0.05, 0) is 89.9 Å². The highest BCUT2D eigenvalue weighted by Gasteiger charge is 2.28. The van der Waals surface area contributed by atoms with Gasteiger partial charge in [-0.3, -0.25) is 4.79 Å².